The van der Waals surface area contributed by atoms with Crippen LogP contribution in [0.15, 0.2) is 30.5 Å². The largest absolute Gasteiger partial charge is 0.456 e. The predicted molar refractivity (Wildman–Crippen MR) is 97.1 cm³/mol. The summed E-state index contributed by atoms with van der Waals surface area (Å²) in [6.45, 7) is 1.98. The van der Waals surface area contributed by atoms with Crippen LogP contribution in [-0.2, 0) is 20.7 Å². The van der Waals surface area contributed by atoms with Crippen molar-refractivity contribution in [3.05, 3.63) is 36.0 Å². The third-order valence-corrected chi connectivity index (χ3v) is 5.10. The van der Waals surface area contributed by atoms with Crippen LogP contribution in [0.2, 0.25) is 0 Å². The number of rotatable bonds is 6. The first-order valence-electron chi connectivity index (χ1n) is 9.13. The monoisotopic (exact) mass is 342 g/mol. The summed E-state index contributed by atoms with van der Waals surface area (Å²) in [4.78, 5) is 27.1. The maximum Gasteiger partial charge on any atom is 0.306 e. The lowest BCUT2D eigenvalue weighted by Gasteiger charge is -2.29. The molecule has 2 aromatic rings. The molecule has 5 heteroatoms. The molecule has 0 aliphatic heterocycles. The van der Waals surface area contributed by atoms with Crippen LogP contribution >= 0.6 is 0 Å². The van der Waals surface area contributed by atoms with Gasteiger partial charge in [-0.3, -0.25) is 9.59 Å². The standard InChI is InChI=1S/C20H26N2O3/c1-14-6-2-4-8-17(14)22-19(23)13-25-20(24)11-10-15-12-21-18-9-5-3-7-16(15)18/h3,5,7,9,12,14,17,21H,2,4,6,8,10-11,13H2,1H3,(H,22,23)/t14-,17+/m0/s1. The Morgan fingerprint density at radius 2 is 2.04 bits per heavy atom. The average Bonchev–Trinajstić information content (AvgIpc) is 3.03. The molecule has 1 amide bonds. The molecule has 1 aromatic heterocycles. The summed E-state index contributed by atoms with van der Waals surface area (Å²) in [5, 5.41) is 4.12. The van der Waals surface area contributed by atoms with Gasteiger partial charge in [-0.25, -0.2) is 0 Å². The Morgan fingerprint density at radius 1 is 1.24 bits per heavy atom. The Bertz CT molecular complexity index is 737. The second kappa shape index (κ2) is 8.19. The number of H-pyrrole nitrogens is 1. The van der Waals surface area contributed by atoms with Crippen molar-refractivity contribution < 1.29 is 14.3 Å². The van der Waals surface area contributed by atoms with Crippen LogP contribution in [-0.4, -0.2) is 29.5 Å². The van der Waals surface area contributed by atoms with Crippen molar-refractivity contribution in [2.45, 2.75) is 51.5 Å². The fraction of sp³-hybridized carbons (Fsp3) is 0.500. The van der Waals surface area contributed by atoms with E-state index in [1.165, 1.54) is 6.42 Å². The van der Waals surface area contributed by atoms with Crippen molar-refractivity contribution >= 4 is 22.8 Å². The summed E-state index contributed by atoms with van der Waals surface area (Å²) in [5.41, 5.74) is 2.15. The third-order valence-electron chi connectivity index (χ3n) is 5.10. The van der Waals surface area contributed by atoms with Crippen LogP contribution in [0.25, 0.3) is 10.9 Å². The van der Waals surface area contributed by atoms with Crippen LogP contribution in [0.1, 0.15) is 44.6 Å². The molecule has 25 heavy (non-hydrogen) atoms. The lowest BCUT2D eigenvalue weighted by molar-refractivity contribution is -0.148. The number of esters is 1. The van der Waals surface area contributed by atoms with Crippen LogP contribution in [0.4, 0.5) is 0 Å². The van der Waals surface area contributed by atoms with Gasteiger partial charge >= 0.3 is 5.97 Å². The van der Waals surface area contributed by atoms with E-state index in [2.05, 4.69) is 17.2 Å². The van der Waals surface area contributed by atoms with Crippen LogP contribution in [0.5, 0.6) is 0 Å². The highest BCUT2D eigenvalue weighted by Gasteiger charge is 2.23. The van der Waals surface area contributed by atoms with E-state index < -0.39 is 0 Å². The minimum atomic E-state index is -0.336. The SMILES string of the molecule is C[C@H]1CCCC[C@H]1NC(=O)COC(=O)CCc1c[nH]c2ccccc12. The Morgan fingerprint density at radius 3 is 2.88 bits per heavy atom. The van der Waals surface area contributed by atoms with Crippen molar-refractivity contribution in [3.8, 4) is 0 Å². The Hall–Kier alpha value is -2.30. The number of ether oxygens (including phenoxy) is 1. The van der Waals surface area contributed by atoms with Crippen molar-refractivity contribution in [2.24, 2.45) is 5.92 Å². The number of aromatic nitrogens is 1. The van der Waals surface area contributed by atoms with Crippen LogP contribution in [0.3, 0.4) is 0 Å². The normalized spacial score (nSPS) is 20.4. The molecule has 2 N–H and O–H groups in total. The first kappa shape index (κ1) is 17.5. The topological polar surface area (TPSA) is 71.2 Å². The molecule has 1 aliphatic rings. The van der Waals surface area contributed by atoms with E-state index in [-0.39, 0.29) is 30.9 Å². The Labute approximate surface area is 148 Å². The van der Waals surface area contributed by atoms with Gasteiger partial charge in [-0.2, -0.15) is 0 Å². The number of para-hydroxylation sites is 1. The fourth-order valence-corrected chi connectivity index (χ4v) is 3.57. The summed E-state index contributed by atoms with van der Waals surface area (Å²) in [5.74, 6) is -0.0356. The molecular formula is C20H26N2O3. The van der Waals surface area contributed by atoms with Gasteiger partial charge < -0.3 is 15.0 Å². The zero-order chi connectivity index (χ0) is 17.6. The second-order valence-corrected chi connectivity index (χ2v) is 6.96. The van der Waals surface area contributed by atoms with Gasteiger partial charge in [0.2, 0.25) is 0 Å². The van der Waals surface area contributed by atoms with Gasteiger partial charge in [-0.15, -0.1) is 0 Å². The number of carbonyl (C=O) groups is 2. The summed E-state index contributed by atoms with van der Waals surface area (Å²) in [6, 6.07) is 8.21. The number of hydrogen-bond acceptors (Lipinski definition) is 3. The molecule has 0 unspecified atom stereocenters. The minimum absolute atomic E-state index is 0.185. The number of amides is 1. The number of nitrogens with one attached hydrogen (secondary N) is 2. The minimum Gasteiger partial charge on any atom is -0.456 e. The lowest BCUT2D eigenvalue weighted by Crippen LogP contribution is -2.42. The highest BCUT2D eigenvalue weighted by Crippen LogP contribution is 2.23. The highest BCUT2D eigenvalue weighted by atomic mass is 16.5. The molecule has 0 spiro atoms. The quantitative estimate of drug-likeness (QED) is 0.791. The number of benzene rings is 1. The average molecular weight is 342 g/mol. The Balaban J connectivity index is 1.41. The van der Waals surface area contributed by atoms with Crippen molar-refractivity contribution in [2.75, 3.05) is 6.61 Å². The molecule has 0 saturated heterocycles. The molecule has 1 heterocycles. The van der Waals surface area contributed by atoms with Gasteiger partial charge in [0.15, 0.2) is 6.61 Å². The molecule has 5 nitrogen and oxygen atoms in total. The second-order valence-electron chi connectivity index (χ2n) is 6.96. The lowest BCUT2D eigenvalue weighted by atomic mass is 9.86. The van der Waals surface area contributed by atoms with Gasteiger partial charge in [0.05, 0.1) is 0 Å². The molecule has 3 rings (SSSR count). The molecule has 0 bridgehead atoms. The van der Waals surface area contributed by atoms with E-state index in [1.807, 2.05) is 30.5 Å². The summed E-state index contributed by atoms with van der Waals surface area (Å²) >= 11 is 0. The fourth-order valence-electron chi connectivity index (χ4n) is 3.57. The predicted octanol–water partition coefficient (Wildman–Crippen LogP) is 3.34. The van der Waals surface area contributed by atoms with E-state index in [9.17, 15) is 9.59 Å². The first-order valence-corrected chi connectivity index (χ1v) is 9.13. The first-order chi connectivity index (χ1) is 12.1. The molecule has 2 atom stereocenters. The van der Waals surface area contributed by atoms with Gasteiger partial charge in [-0.1, -0.05) is 38.0 Å². The number of fused-ring (bicyclic) bond motifs is 1. The maximum atomic E-state index is 12.0. The zero-order valence-corrected chi connectivity index (χ0v) is 14.7. The van der Waals surface area contributed by atoms with E-state index in [1.54, 1.807) is 0 Å². The molecule has 1 fully saturated rings. The molecule has 1 aliphatic carbocycles. The van der Waals surface area contributed by atoms with Gasteiger partial charge in [0.1, 0.15) is 0 Å². The molecule has 0 radical (unpaired) electrons. The van der Waals surface area contributed by atoms with Crippen molar-refractivity contribution in [1.29, 1.82) is 0 Å². The molecule has 1 aromatic carbocycles. The van der Waals surface area contributed by atoms with E-state index in [0.717, 1.165) is 35.7 Å². The number of aryl methyl sites for hydroxylation is 1. The highest BCUT2D eigenvalue weighted by molar-refractivity contribution is 5.84. The number of carbonyl (C=O) groups excluding carboxylic acids is 2. The van der Waals surface area contributed by atoms with Crippen LogP contribution in [0, 0.1) is 5.92 Å². The van der Waals surface area contributed by atoms with Gasteiger partial charge in [0, 0.05) is 29.6 Å². The zero-order valence-electron chi connectivity index (χ0n) is 14.7. The smallest absolute Gasteiger partial charge is 0.306 e. The Kier molecular flexibility index (Phi) is 5.74. The van der Waals surface area contributed by atoms with E-state index in [4.69, 9.17) is 4.74 Å². The van der Waals surface area contributed by atoms with Crippen LogP contribution < -0.4 is 5.32 Å². The molecular weight excluding hydrogens is 316 g/mol. The maximum absolute atomic E-state index is 12.0. The molecule has 134 valence electrons. The summed E-state index contributed by atoms with van der Waals surface area (Å²) in [7, 11) is 0. The van der Waals surface area contributed by atoms with Crippen molar-refractivity contribution in [1.82, 2.24) is 10.3 Å². The number of hydrogen-bond donors (Lipinski definition) is 2. The van der Waals surface area contributed by atoms with E-state index in [0.29, 0.717) is 12.3 Å². The summed E-state index contributed by atoms with van der Waals surface area (Å²) in [6.07, 6.45) is 7.35. The summed E-state index contributed by atoms with van der Waals surface area (Å²) < 4.78 is 5.13. The number of aromatic amines is 1. The van der Waals surface area contributed by atoms with E-state index >= 15 is 0 Å². The van der Waals surface area contributed by atoms with Crippen molar-refractivity contribution in [3.63, 3.8) is 0 Å². The van der Waals surface area contributed by atoms with Gasteiger partial charge in [0.25, 0.3) is 5.91 Å². The third kappa shape index (κ3) is 4.62. The van der Waals surface area contributed by atoms with Gasteiger partial charge in [-0.05, 0) is 36.8 Å². The molecule has 1 saturated carbocycles.